The predicted octanol–water partition coefficient (Wildman–Crippen LogP) is 3.60. The summed E-state index contributed by atoms with van der Waals surface area (Å²) >= 11 is 0. The van der Waals surface area contributed by atoms with Crippen LogP contribution in [0, 0.1) is 17.2 Å². The monoisotopic (exact) mass is 321 g/mol. The summed E-state index contributed by atoms with van der Waals surface area (Å²) in [5, 5.41) is 0. The molecule has 0 bridgehead atoms. The molecule has 0 N–H and O–H groups in total. The Kier molecular flexibility index (Phi) is 4.18. The van der Waals surface area contributed by atoms with Crippen LogP contribution in [0.4, 0.5) is 4.39 Å². The van der Waals surface area contributed by atoms with Crippen LogP contribution in [0.25, 0.3) is 0 Å². The molecule has 3 nitrogen and oxygen atoms in total. The van der Waals surface area contributed by atoms with Gasteiger partial charge in [-0.2, -0.15) is 0 Å². The van der Waals surface area contributed by atoms with Crippen LogP contribution in [0.2, 0.25) is 0 Å². The Morgan fingerprint density at radius 2 is 1.83 bits per heavy atom. The summed E-state index contributed by atoms with van der Waals surface area (Å²) in [6, 6.07) is 3.49. The molecule has 1 fully saturated rings. The maximum absolute atomic E-state index is 14.6. The summed E-state index contributed by atoms with van der Waals surface area (Å²) < 4.78 is 26.2. The molecule has 1 aliphatic carbocycles. The normalized spacial score (nSPS) is 27.9. The number of rotatable bonds is 3. The molecule has 1 aromatic carbocycles. The third kappa shape index (κ3) is 2.38. The number of likely N-dealkylation sites (tertiary alicyclic amines) is 1. The molecule has 2 aliphatic rings. The summed E-state index contributed by atoms with van der Waals surface area (Å²) in [6.07, 6.45) is 2.86. The lowest BCUT2D eigenvalue weighted by atomic mass is 9.65. The highest BCUT2D eigenvalue weighted by Gasteiger charge is 2.58. The third-order valence-corrected chi connectivity index (χ3v) is 6.04. The molecule has 1 saturated heterocycles. The Labute approximate surface area is 138 Å². The highest BCUT2D eigenvalue weighted by atomic mass is 19.1. The average Bonchev–Trinajstić information content (AvgIpc) is 2.76. The molecule has 23 heavy (non-hydrogen) atoms. The minimum atomic E-state index is -0.445. The van der Waals surface area contributed by atoms with Gasteiger partial charge in [0.2, 0.25) is 0 Å². The van der Waals surface area contributed by atoms with Crippen molar-refractivity contribution in [2.75, 3.05) is 34.4 Å². The molecular formula is C19H28FNO2. The topological polar surface area (TPSA) is 21.7 Å². The summed E-state index contributed by atoms with van der Waals surface area (Å²) in [5.74, 6) is 0.805. The van der Waals surface area contributed by atoms with E-state index >= 15 is 0 Å². The molecule has 0 radical (unpaired) electrons. The molecule has 0 spiro atoms. The van der Waals surface area contributed by atoms with E-state index in [2.05, 4.69) is 25.8 Å². The van der Waals surface area contributed by atoms with Crippen LogP contribution in [0.3, 0.4) is 0 Å². The fourth-order valence-corrected chi connectivity index (χ4v) is 4.92. The Morgan fingerprint density at radius 3 is 2.39 bits per heavy atom. The van der Waals surface area contributed by atoms with Crippen molar-refractivity contribution in [3.05, 3.63) is 29.1 Å². The highest BCUT2D eigenvalue weighted by molar-refractivity contribution is 5.47. The zero-order chi connectivity index (χ0) is 16.8. The molecule has 128 valence electrons. The Hall–Kier alpha value is -1.13. The molecule has 4 heteroatoms. The summed E-state index contributed by atoms with van der Waals surface area (Å²) in [7, 11) is 5.53. The van der Waals surface area contributed by atoms with E-state index in [1.54, 1.807) is 14.2 Å². The lowest BCUT2D eigenvalue weighted by molar-refractivity contribution is -0.148. The maximum Gasteiger partial charge on any atom is 0.130 e. The standard InChI is InChI=1S/C19H28FNO2/c1-18(2)12-15-16(10-14(22-4)11-17(15)20)19(18,23-5)13-6-8-21(3)9-7-13/h10-11,13H,6-9,12H2,1-5H3. The Bertz CT molecular complexity index is 593. The number of piperidine rings is 1. The van der Waals surface area contributed by atoms with E-state index in [1.165, 1.54) is 6.07 Å². The average molecular weight is 321 g/mol. The zero-order valence-electron chi connectivity index (χ0n) is 14.9. The number of fused-ring (bicyclic) bond motifs is 1. The summed E-state index contributed by atoms with van der Waals surface area (Å²) in [5.41, 5.74) is 1.21. The first-order valence-electron chi connectivity index (χ1n) is 8.46. The number of halogens is 1. The number of nitrogens with zero attached hydrogens (tertiary/aromatic N) is 1. The van der Waals surface area contributed by atoms with Gasteiger partial charge in [-0.1, -0.05) is 13.8 Å². The highest BCUT2D eigenvalue weighted by Crippen LogP contribution is 2.59. The molecular weight excluding hydrogens is 293 g/mol. The van der Waals surface area contributed by atoms with Crippen LogP contribution in [-0.2, 0) is 16.8 Å². The molecule has 1 heterocycles. The molecule has 1 aromatic rings. The second-order valence-electron chi connectivity index (χ2n) is 7.71. The van der Waals surface area contributed by atoms with Crippen molar-refractivity contribution in [2.24, 2.45) is 11.3 Å². The molecule has 3 rings (SSSR count). The first-order chi connectivity index (χ1) is 10.9. The van der Waals surface area contributed by atoms with Crippen molar-refractivity contribution in [3.8, 4) is 5.75 Å². The van der Waals surface area contributed by atoms with E-state index < -0.39 is 5.60 Å². The van der Waals surface area contributed by atoms with Crippen molar-refractivity contribution in [1.29, 1.82) is 0 Å². The van der Waals surface area contributed by atoms with E-state index in [1.807, 2.05) is 6.07 Å². The molecule has 0 aromatic heterocycles. The van der Waals surface area contributed by atoms with Gasteiger partial charge in [0.25, 0.3) is 0 Å². The van der Waals surface area contributed by atoms with Gasteiger partial charge in [-0.05, 0) is 62.5 Å². The number of hydrogen-bond acceptors (Lipinski definition) is 3. The van der Waals surface area contributed by atoms with Gasteiger partial charge in [0.15, 0.2) is 0 Å². The minimum Gasteiger partial charge on any atom is -0.497 e. The first kappa shape index (κ1) is 16.7. The molecule has 0 saturated carbocycles. The second kappa shape index (κ2) is 5.75. The lowest BCUT2D eigenvalue weighted by Crippen LogP contribution is -2.50. The first-order valence-corrected chi connectivity index (χ1v) is 8.46. The van der Waals surface area contributed by atoms with E-state index in [0.717, 1.165) is 37.1 Å². The van der Waals surface area contributed by atoms with Crippen LogP contribution >= 0.6 is 0 Å². The molecule has 1 atom stereocenters. The van der Waals surface area contributed by atoms with Crippen molar-refractivity contribution >= 4 is 0 Å². The Balaban J connectivity index is 2.14. The fraction of sp³-hybridized carbons (Fsp3) is 0.684. The van der Waals surface area contributed by atoms with Crippen LogP contribution in [0.1, 0.15) is 37.8 Å². The van der Waals surface area contributed by atoms with Gasteiger partial charge in [-0.3, -0.25) is 0 Å². The minimum absolute atomic E-state index is 0.141. The largest absolute Gasteiger partial charge is 0.497 e. The van der Waals surface area contributed by atoms with Crippen LogP contribution in [0.5, 0.6) is 5.75 Å². The van der Waals surface area contributed by atoms with Gasteiger partial charge < -0.3 is 14.4 Å². The van der Waals surface area contributed by atoms with E-state index in [9.17, 15) is 4.39 Å². The number of benzene rings is 1. The van der Waals surface area contributed by atoms with E-state index in [0.29, 0.717) is 18.1 Å². The fourth-order valence-electron chi connectivity index (χ4n) is 4.92. The predicted molar refractivity (Wildman–Crippen MR) is 89.3 cm³/mol. The number of ether oxygens (including phenoxy) is 2. The van der Waals surface area contributed by atoms with Gasteiger partial charge in [0, 0.05) is 18.6 Å². The SMILES string of the molecule is COc1cc(F)c2c(c1)C(OC)(C1CCN(C)CC1)C(C)(C)C2. The summed E-state index contributed by atoms with van der Waals surface area (Å²) in [4.78, 5) is 2.36. The van der Waals surface area contributed by atoms with Crippen LogP contribution in [-0.4, -0.2) is 39.3 Å². The van der Waals surface area contributed by atoms with Crippen molar-refractivity contribution in [3.63, 3.8) is 0 Å². The van der Waals surface area contributed by atoms with E-state index in [-0.39, 0.29) is 11.2 Å². The number of hydrogen-bond donors (Lipinski definition) is 0. The quantitative estimate of drug-likeness (QED) is 0.849. The number of methoxy groups -OCH3 is 2. The van der Waals surface area contributed by atoms with Gasteiger partial charge >= 0.3 is 0 Å². The van der Waals surface area contributed by atoms with Gasteiger partial charge in [-0.15, -0.1) is 0 Å². The van der Waals surface area contributed by atoms with E-state index in [4.69, 9.17) is 9.47 Å². The smallest absolute Gasteiger partial charge is 0.130 e. The van der Waals surface area contributed by atoms with Gasteiger partial charge in [0.1, 0.15) is 17.2 Å². The lowest BCUT2D eigenvalue weighted by Gasteiger charge is -2.49. The maximum atomic E-state index is 14.6. The molecule has 0 amide bonds. The van der Waals surface area contributed by atoms with Crippen molar-refractivity contribution < 1.29 is 13.9 Å². The molecule has 1 unspecified atom stereocenters. The summed E-state index contributed by atoms with van der Waals surface area (Å²) in [6.45, 7) is 6.54. The zero-order valence-corrected chi connectivity index (χ0v) is 14.9. The second-order valence-corrected chi connectivity index (χ2v) is 7.71. The van der Waals surface area contributed by atoms with Crippen molar-refractivity contribution in [1.82, 2.24) is 4.90 Å². The van der Waals surface area contributed by atoms with Crippen LogP contribution in [0.15, 0.2) is 12.1 Å². The molecule has 1 aliphatic heterocycles. The third-order valence-electron chi connectivity index (χ3n) is 6.04. The van der Waals surface area contributed by atoms with Gasteiger partial charge in [-0.25, -0.2) is 4.39 Å². The Morgan fingerprint density at radius 1 is 1.17 bits per heavy atom. The van der Waals surface area contributed by atoms with Crippen LogP contribution < -0.4 is 4.74 Å². The van der Waals surface area contributed by atoms with Crippen molar-refractivity contribution in [2.45, 2.75) is 38.7 Å². The van der Waals surface area contributed by atoms with Gasteiger partial charge in [0.05, 0.1) is 7.11 Å².